The Labute approximate surface area is 213 Å². The van der Waals surface area contributed by atoms with Gasteiger partial charge >= 0.3 is 6.03 Å². The third kappa shape index (κ3) is 4.89. The summed E-state index contributed by atoms with van der Waals surface area (Å²) in [5, 5.41) is 11.5. The number of carbonyl (C=O) groups excluding carboxylic acids is 2. The van der Waals surface area contributed by atoms with Crippen LogP contribution in [0.15, 0.2) is 54.6 Å². The average Bonchev–Trinajstić information content (AvgIpc) is 3.14. The molecule has 2 aromatic carbocycles. The van der Waals surface area contributed by atoms with Crippen LogP contribution in [0.3, 0.4) is 0 Å². The molecule has 8 heteroatoms. The molecule has 2 aromatic rings. The van der Waals surface area contributed by atoms with E-state index in [1.165, 1.54) is 5.56 Å². The van der Waals surface area contributed by atoms with Crippen molar-refractivity contribution >= 4 is 11.9 Å². The minimum absolute atomic E-state index is 0.0417. The normalized spacial score (nSPS) is 23.7. The summed E-state index contributed by atoms with van der Waals surface area (Å²) in [5.41, 5.74) is 1.75. The minimum Gasteiger partial charge on any atom is -0.497 e. The van der Waals surface area contributed by atoms with E-state index >= 15 is 0 Å². The van der Waals surface area contributed by atoms with Gasteiger partial charge in [0.2, 0.25) is 5.91 Å². The lowest BCUT2D eigenvalue weighted by Crippen LogP contribution is -2.57. The van der Waals surface area contributed by atoms with Crippen molar-refractivity contribution in [1.29, 1.82) is 5.26 Å². The number of nitrogens with zero attached hydrogens (tertiary/aromatic N) is 4. The average molecular weight is 490 g/mol. The first-order chi connectivity index (χ1) is 17.3. The van der Waals surface area contributed by atoms with Gasteiger partial charge in [0.05, 0.1) is 18.7 Å². The van der Waals surface area contributed by atoms with Crippen molar-refractivity contribution in [3.63, 3.8) is 0 Å². The van der Waals surface area contributed by atoms with Gasteiger partial charge in [0.25, 0.3) is 0 Å². The van der Waals surface area contributed by atoms with E-state index in [2.05, 4.69) is 48.6 Å². The Bertz CT molecular complexity index is 1100. The van der Waals surface area contributed by atoms with Gasteiger partial charge in [-0.3, -0.25) is 9.69 Å². The summed E-state index contributed by atoms with van der Waals surface area (Å²) in [6.45, 7) is 0.932. The molecule has 3 amide bonds. The molecular formula is C28H35N5O3. The molecule has 0 radical (unpaired) electrons. The van der Waals surface area contributed by atoms with Crippen LogP contribution in [-0.4, -0.2) is 73.0 Å². The summed E-state index contributed by atoms with van der Waals surface area (Å²) >= 11 is 0. The van der Waals surface area contributed by atoms with E-state index in [1.54, 1.807) is 12.0 Å². The Balaban J connectivity index is 1.59. The molecule has 2 aliphatic rings. The van der Waals surface area contributed by atoms with Gasteiger partial charge in [-0.05, 0) is 63.0 Å². The van der Waals surface area contributed by atoms with Gasteiger partial charge in [-0.2, -0.15) is 5.26 Å². The van der Waals surface area contributed by atoms with E-state index in [4.69, 9.17) is 10.00 Å². The highest BCUT2D eigenvalue weighted by Gasteiger charge is 2.54. The smallest absolute Gasteiger partial charge is 0.321 e. The topological polar surface area (TPSA) is 88.9 Å². The van der Waals surface area contributed by atoms with Crippen LogP contribution in [0.2, 0.25) is 0 Å². The number of rotatable bonds is 8. The molecule has 0 bridgehead atoms. The Kier molecular flexibility index (Phi) is 7.51. The van der Waals surface area contributed by atoms with Crippen molar-refractivity contribution in [2.75, 3.05) is 40.8 Å². The van der Waals surface area contributed by atoms with E-state index in [9.17, 15) is 9.59 Å². The summed E-state index contributed by atoms with van der Waals surface area (Å²) in [5.74, 6) is 0.468. The zero-order valence-electron chi connectivity index (χ0n) is 21.4. The first-order valence-electron chi connectivity index (χ1n) is 12.4. The van der Waals surface area contributed by atoms with Gasteiger partial charge in [0, 0.05) is 18.6 Å². The van der Waals surface area contributed by atoms with E-state index in [1.807, 2.05) is 41.3 Å². The molecule has 0 unspecified atom stereocenters. The lowest BCUT2D eigenvalue weighted by molar-refractivity contribution is -0.122. The van der Waals surface area contributed by atoms with Crippen LogP contribution in [0, 0.1) is 11.3 Å². The van der Waals surface area contributed by atoms with Gasteiger partial charge < -0.3 is 19.9 Å². The fourth-order valence-corrected chi connectivity index (χ4v) is 5.83. The van der Waals surface area contributed by atoms with Crippen LogP contribution < -0.4 is 10.1 Å². The molecule has 8 nitrogen and oxygen atoms in total. The maximum Gasteiger partial charge on any atom is 0.321 e. The molecule has 1 spiro atoms. The number of benzene rings is 2. The van der Waals surface area contributed by atoms with E-state index in [0.717, 1.165) is 37.0 Å². The highest BCUT2D eigenvalue weighted by atomic mass is 16.5. The van der Waals surface area contributed by atoms with Gasteiger partial charge in [0.1, 0.15) is 18.8 Å². The van der Waals surface area contributed by atoms with Crippen LogP contribution in [0.1, 0.15) is 36.8 Å². The van der Waals surface area contributed by atoms with Crippen molar-refractivity contribution in [2.45, 2.75) is 43.3 Å². The molecule has 1 saturated carbocycles. The van der Waals surface area contributed by atoms with Crippen molar-refractivity contribution in [3.05, 3.63) is 65.7 Å². The molecule has 1 aliphatic heterocycles. The SMILES string of the molecule is COc1ccc(CN2C[C@]3(CC[C@@](c4ccccc4)(N(C)C)CC3)N(CC(=O)NCC#N)C2=O)cc1. The molecule has 2 fully saturated rings. The molecule has 4 rings (SSSR count). The quantitative estimate of drug-likeness (QED) is 0.575. The second kappa shape index (κ2) is 10.6. The zero-order chi connectivity index (χ0) is 25.8. The predicted octanol–water partition coefficient (Wildman–Crippen LogP) is 3.34. The van der Waals surface area contributed by atoms with Gasteiger partial charge in [-0.1, -0.05) is 42.5 Å². The maximum atomic E-state index is 13.7. The minimum atomic E-state index is -0.429. The first-order valence-corrected chi connectivity index (χ1v) is 12.4. The number of nitriles is 1. The molecule has 190 valence electrons. The standard InChI is InChI=1S/C28H35N5O3/c1-31(2)28(23-7-5-4-6-8-23)15-13-27(14-16-28)21-32(19-22-9-11-24(36-3)12-10-22)26(35)33(27)20-25(34)30-18-17-29/h4-12H,13-16,18-21H2,1-3H3,(H,30,34)/t27-,28-. The second-order valence-corrected chi connectivity index (χ2v) is 10.0. The summed E-state index contributed by atoms with van der Waals surface area (Å²) in [4.78, 5) is 32.2. The summed E-state index contributed by atoms with van der Waals surface area (Å²) in [7, 11) is 5.87. The zero-order valence-corrected chi connectivity index (χ0v) is 21.4. The van der Waals surface area contributed by atoms with Crippen molar-refractivity contribution in [2.24, 2.45) is 0 Å². The molecule has 1 aliphatic carbocycles. The van der Waals surface area contributed by atoms with Gasteiger partial charge in [-0.15, -0.1) is 0 Å². The molecule has 1 saturated heterocycles. The van der Waals surface area contributed by atoms with E-state index in [0.29, 0.717) is 13.1 Å². The van der Waals surface area contributed by atoms with Crippen LogP contribution in [0.4, 0.5) is 4.79 Å². The number of amides is 3. The fourth-order valence-electron chi connectivity index (χ4n) is 5.83. The lowest BCUT2D eigenvalue weighted by atomic mass is 9.68. The summed E-state index contributed by atoms with van der Waals surface area (Å²) in [6.07, 6.45) is 3.33. The van der Waals surface area contributed by atoms with Crippen LogP contribution in [0.5, 0.6) is 5.75 Å². The van der Waals surface area contributed by atoms with Gasteiger partial charge in [-0.25, -0.2) is 4.79 Å². The van der Waals surface area contributed by atoms with Crippen LogP contribution in [0.25, 0.3) is 0 Å². The highest BCUT2D eigenvalue weighted by molar-refractivity contribution is 5.86. The van der Waals surface area contributed by atoms with Gasteiger partial charge in [0.15, 0.2) is 0 Å². The monoisotopic (exact) mass is 489 g/mol. The number of hydrogen-bond donors (Lipinski definition) is 1. The molecule has 1 N–H and O–H groups in total. The van der Waals surface area contributed by atoms with Crippen LogP contribution >= 0.6 is 0 Å². The number of hydrogen-bond acceptors (Lipinski definition) is 5. The maximum absolute atomic E-state index is 13.7. The van der Waals surface area contributed by atoms with E-state index in [-0.39, 0.29) is 30.6 Å². The second-order valence-electron chi connectivity index (χ2n) is 10.0. The molecule has 1 heterocycles. The Hall–Kier alpha value is -3.57. The fraction of sp³-hybridized carbons (Fsp3) is 0.464. The molecule has 36 heavy (non-hydrogen) atoms. The number of methoxy groups -OCH3 is 1. The molecular weight excluding hydrogens is 454 g/mol. The number of ether oxygens (including phenoxy) is 1. The highest BCUT2D eigenvalue weighted by Crippen LogP contribution is 2.49. The Morgan fingerprint density at radius 2 is 1.75 bits per heavy atom. The summed E-state index contributed by atoms with van der Waals surface area (Å²) < 4.78 is 5.26. The largest absolute Gasteiger partial charge is 0.497 e. The number of urea groups is 1. The summed E-state index contributed by atoms with van der Waals surface area (Å²) in [6, 6.07) is 20.1. The third-order valence-electron chi connectivity index (χ3n) is 7.93. The van der Waals surface area contributed by atoms with Crippen molar-refractivity contribution in [3.8, 4) is 11.8 Å². The number of carbonyl (C=O) groups is 2. The third-order valence-corrected chi connectivity index (χ3v) is 7.93. The lowest BCUT2D eigenvalue weighted by Gasteiger charge is -2.50. The molecule has 0 atom stereocenters. The van der Waals surface area contributed by atoms with Crippen molar-refractivity contribution < 1.29 is 14.3 Å². The first kappa shape index (κ1) is 25.5. The Morgan fingerprint density at radius 1 is 1.08 bits per heavy atom. The molecule has 0 aromatic heterocycles. The Morgan fingerprint density at radius 3 is 2.33 bits per heavy atom. The number of nitrogens with one attached hydrogen (secondary N) is 1. The van der Waals surface area contributed by atoms with E-state index < -0.39 is 5.54 Å². The predicted molar refractivity (Wildman–Crippen MR) is 137 cm³/mol. The van der Waals surface area contributed by atoms with Crippen LogP contribution in [-0.2, 0) is 16.9 Å². The van der Waals surface area contributed by atoms with Crippen molar-refractivity contribution in [1.82, 2.24) is 20.0 Å².